The van der Waals surface area contributed by atoms with Crippen molar-refractivity contribution in [1.29, 1.82) is 0 Å². The molecule has 0 aliphatic carbocycles. The standard InChI is InChI=1S/C18H21Cl2NO/c1-2-3-12-21-17(13-4-8-15(19)9-5-13)18(22)14-6-10-16(20)11-7-14/h4-11,17-18,21-22H,2-3,12H2,1H3/t17-,18-/m1/s1. The third-order valence-corrected chi connectivity index (χ3v) is 4.15. The first kappa shape index (κ1) is 17.3. The average molecular weight is 338 g/mol. The molecule has 0 unspecified atom stereocenters. The van der Waals surface area contributed by atoms with E-state index in [-0.39, 0.29) is 6.04 Å². The molecule has 2 nitrogen and oxygen atoms in total. The molecule has 0 aliphatic heterocycles. The summed E-state index contributed by atoms with van der Waals surface area (Å²) in [6, 6.07) is 14.7. The van der Waals surface area contributed by atoms with Crippen molar-refractivity contribution in [1.82, 2.24) is 5.32 Å². The highest BCUT2D eigenvalue weighted by atomic mass is 35.5. The van der Waals surface area contributed by atoms with Crippen LogP contribution in [0.5, 0.6) is 0 Å². The fourth-order valence-electron chi connectivity index (χ4n) is 2.37. The summed E-state index contributed by atoms with van der Waals surface area (Å²) in [5.41, 5.74) is 1.86. The lowest BCUT2D eigenvalue weighted by Crippen LogP contribution is -2.28. The number of halogens is 2. The minimum Gasteiger partial charge on any atom is -0.386 e. The van der Waals surface area contributed by atoms with E-state index in [1.807, 2.05) is 36.4 Å². The Balaban J connectivity index is 2.22. The van der Waals surface area contributed by atoms with Gasteiger partial charge >= 0.3 is 0 Å². The summed E-state index contributed by atoms with van der Waals surface area (Å²) in [5.74, 6) is 0. The fourth-order valence-corrected chi connectivity index (χ4v) is 2.62. The first-order valence-corrected chi connectivity index (χ1v) is 8.29. The van der Waals surface area contributed by atoms with Crippen molar-refractivity contribution in [2.45, 2.75) is 31.9 Å². The van der Waals surface area contributed by atoms with Crippen LogP contribution >= 0.6 is 23.2 Å². The van der Waals surface area contributed by atoms with E-state index in [2.05, 4.69) is 12.2 Å². The quantitative estimate of drug-likeness (QED) is 0.684. The third-order valence-electron chi connectivity index (χ3n) is 3.65. The number of aliphatic hydroxyl groups excluding tert-OH is 1. The molecule has 0 bridgehead atoms. The van der Waals surface area contributed by atoms with Crippen LogP contribution in [0.25, 0.3) is 0 Å². The minimum atomic E-state index is -0.643. The second kappa shape index (κ2) is 8.54. The van der Waals surface area contributed by atoms with E-state index < -0.39 is 6.10 Å². The monoisotopic (exact) mass is 337 g/mol. The molecule has 22 heavy (non-hydrogen) atoms. The summed E-state index contributed by atoms with van der Waals surface area (Å²) >= 11 is 11.9. The molecular formula is C18H21Cl2NO. The Morgan fingerprint density at radius 1 is 0.909 bits per heavy atom. The van der Waals surface area contributed by atoms with Crippen LogP contribution in [0.4, 0.5) is 0 Å². The molecule has 0 aromatic heterocycles. The van der Waals surface area contributed by atoms with Crippen molar-refractivity contribution in [3.8, 4) is 0 Å². The summed E-state index contributed by atoms with van der Waals surface area (Å²) in [5, 5.41) is 15.6. The Hall–Kier alpha value is -1.06. The summed E-state index contributed by atoms with van der Waals surface area (Å²) in [6.07, 6.45) is 1.53. The van der Waals surface area contributed by atoms with Gasteiger partial charge in [0.05, 0.1) is 12.1 Å². The largest absolute Gasteiger partial charge is 0.386 e. The molecule has 0 saturated heterocycles. The molecule has 2 rings (SSSR count). The average Bonchev–Trinajstić information content (AvgIpc) is 2.53. The lowest BCUT2D eigenvalue weighted by Gasteiger charge is -2.25. The number of aliphatic hydroxyl groups is 1. The van der Waals surface area contributed by atoms with E-state index >= 15 is 0 Å². The van der Waals surface area contributed by atoms with Gasteiger partial charge in [-0.25, -0.2) is 0 Å². The number of unbranched alkanes of at least 4 members (excludes halogenated alkanes) is 1. The number of hydrogen-bond donors (Lipinski definition) is 2. The van der Waals surface area contributed by atoms with Crippen molar-refractivity contribution < 1.29 is 5.11 Å². The van der Waals surface area contributed by atoms with Crippen molar-refractivity contribution in [3.05, 3.63) is 69.7 Å². The number of hydrogen-bond acceptors (Lipinski definition) is 2. The van der Waals surface area contributed by atoms with Gasteiger partial charge in [0.2, 0.25) is 0 Å². The number of rotatable bonds is 7. The van der Waals surface area contributed by atoms with Crippen LogP contribution < -0.4 is 5.32 Å². The maximum atomic E-state index is 10.8. The maximum Gasteiger partial charge on any atom is 0.0984 e. The molecule has 0 aliphatic rings. The fraction of sp³-hybridized carbons (Fsp3) is 0.333. The van der Waals surface area contributed by atoms with E-state index in [0.717, 1.165) is 30.5 Å². The molecule has 0 fully saturated rings. The van der Waals surface area contributed by atoms with Gasteiger partial charge < -0.3 is 10.4 Å². The number of benzene rings is 2. The second-order valence-corrected chi connectivity index (χ2v) is 6.21. The minimum absolute atomic E-state index is 0.176. The van der Waals surface area contributed by atoms with Crippen LogP contribution in [-0.4, -0.2) is 11.7 Å². The Labute approximate surface area is 142 Å². The van der Waals surface area contributed by atoms with Crippen molar-refractivity contribution in [3.63, 3.8) is 0 Å². The van der Waals surface area contributed by atoms with Gasteiger partial charge in [-0.15, -0.1) is 0 Å². The molecule has 0 spiro atoms. The predicted octanol–water partition coefficient (Wildman–Crippen LogP) is 5.16. The normalized spacial score (nSPS) is 13.8. The molecule has 0 radical (unpaired) electrons. The lowest BCUT2D eigenvalue weighted by molar-refractivity contribution is 0.128. The van der Waals surface area contributed by atoms with Crippen LogP contribution in [0.2, 0.25) is 10.0 Å². The Morgan fingerprint density at radius 3 is 1.91 bits per heavy atom. The van der Waals surface area contributed by atoms with Gasteiger partial charge in [0.15, 0.2) is 0 Å². The lowest BCUT2D eigenvalue weighted by atomic mass is 9.95. The molecule has 4 heteroatoms. The maximum absolute atomic E-state index is 10.8. The van der Waals surface area contributed by atoms with E-state index in [4.69, 9.17) is 23.2 Å². The van der Waals surface area contributed by atoms with E-state index in [0.29, 0.717) is 10.0 Å². The molecule has 0 heterocycles. The summed E-state index contributed by atoms with van der Waals surface area (Å²) < 4.78 is 0. The van der Waals surface area contributed by atoms with Gasteiger partial charge in [-0.05, 0) is 48.4 Å². The van der Waals surface area contributed by atoms with E-state index in [1.54, 1.807) is 12.1 Å². The van der Waals surface area contributed by atoms with E-state index in [1.165, 1.54) is 0 Å². The zero-order valence-corrected chi connectivity index (χ0v) is 14.1. The molecule has 0 saturated carbocycles. The second-order valence-electron chi connectivity index (χ2n) is 5.33. The van der Waals surface area contributed by atoms with Gasteiger partial charge in [0.25, 0.3) is 0 Å². The first-order chi connectivity index (χ1) is 10.6. The van der Waals surface area contributed by atoms with Crippen LogP contribution in [0.15, 0.2) is 48.5 Å². The van der Waals surface area contributed by atoms with Crippen molar-refractivity contribution >= 4 is 23.2 Å². The Morgan fingerprint density at radius 2 is 1.41 bits per heavy atom. The molecule has 0 amide bonds. The summed E-state index contributed by atoms with van der Waals surface area (Å²) in [7, 11) is 0. The molecule has 118 valence electrons. The summed E-state index contributed by atoms with van der Waals surface area (Å²) in [4.78, 5) is 0. The predicted molar refractivity (Wildman–Crippen MR) is 93.5 cm³/mol. The Kier molecular flexibility index (Phi) is 6.71. The van der Waals surface area contributed by atoms with E-state index in [9.17, 15) is 5.11 Å². The van der Waals surface area contributed by atoms with Gasteiger partial charge in [-0.2, -0.15) is 0 Å². The highest BCUT2D eigenvalue weighted by molar-refractivity contribution is 6.30. The molecule has 2 aromatic rings. The van der Waals surface area contributed by atoms with Gasteiger partial charge in [0.1, 0.15) is 0 Å². The summed E-state index contributed by atoms with van der Waals surface area (Å²) in [6.45, 7) is 3.00. The van der Waals surface area contributed by atoms with Gasteiger partial charge in [-0.3, -0.25) is 0 Å². The molecular weight excluding hydrogens is 317 g/mol. The molecule has 2 N–H and O–H groups in total. The zero-order valence-electron chi connectivity index (χ0n) is 12.6. The first-order valence-electron chi connectivity index (χ1n) is 7.54. The number of nitrogens with one attached hydrogen (secondary N) is 1. The highest BCUT2D eigenvalue weighted by Gasteiger charge is 2.22. The highest BCUT2D eigenvalue weighted by Crippen LogP contribution is 2.30. The zero-order chi connectivity index (χ0) is 15.9. The molecule has 2 atom stereocenters. The smallest absolute Gasteiger partial charge is 0.0984 e. The van der Waals surface area contributed by atoms with Gasteiger partial charge in [-0.1, -0.05) is 60.8 Å². The van der Waals surface area contributed by atoms with Crippen molar-refractivity contribution in [2.75, 3.05) is 6.54 Å². The van der Waals surface area contributed by atoms with Crippen LogP contribution in [0, 0.1) is 0 Å². The van der Waals surface area contributed by atoms with Crippen LogP contribution in [-0.2, 0) is 0 Å². The Bertz CT molecular complexity index is 569. The third kappa shape index (κ3) is 4.72. The SMILES string of the molecule is CCCCN[C@H](c1ccc(Cl)cc1)[C@H](O)c1ccc(Cl)cc1. The van der Waals surface area contributed by atoms with Crippen LogP contribution in [0.1, 0.15) is 43.0 Å². The van der Waals surface area contributed by atoms with Gasteiger partial charge in [0, 0.05) is 10.0 Å². The van der Waals surface area contributed by atoms with Crippen molar-refractivity contribution in [2.24, 2.45) is 0 Å². The topological polar surface area (TPSA) is 32.3 Å². The molecule has 2 aromatic carbocycles. The van der Waals surface area contributed by atoms with Crippen LogP contribution in [0.3, 0.4) is 0 Å².